The third-order valence-corrected chi connectivity index (χ3v) is 9.04. The molecule has 0 bridgehead atoms. The zero-order valence-corrected chi connectivity index (χ0v) is 27.4. The number of carbonyl (C=O) groups is 1. The van der Waals surface area contributed by atoms with Gasteiger partial charge in [0.2, 0.25) is 11.1 Å². The number of nitrogens with zero attached hydrogens (tertiary/aromatic N) is 3. The highest BCUT2D eigenvalue weighted by molar-refractivity contribution is 9.10. The number of halogens is 2. The molecule has 42 heavy (non-hydrogen) atoms. The van der Waals surface area contributed by atoms with Gasteiger partial charge in [0.15, 0.2) is 11.5 Å². The molecular formula is C31H36BrClN4O4S. The van der Waals surface area contributed by atoms with Crippen LogP contribution in [-0.4, -0.2) is 39.5 Å². The lowest BCUT2D eigenvalue weighted by molar-refractivity contribution is -0.146. The van der Waals surface area contributed by atoms with Gasteiger partial charge < -0.3 is 19.5 Å². The quantitative estimate of drug-likeness (QED) is 0.170. The minimum absolute atomic E-state index is 0.0481. The average Bonchev–Trinajstić information content (AvgIpc) is 3.36. The van der Waals surface area contributed by atoms with Crippen molar-refractivity contribution in [2.75, 3.05) is 11.9 Å². The van der Waals surface area contributed by atoms with Crippen LogP contribution in [0.4, 0.5) is 5.95 Å². The molecule has 3 aromatic rings. The number of nitrogens with one attached hydrogen (secondary N) is 1. The Labute approximate surface area is 264 Å². The van der Waals surface area contributed by atoms with Crippen LogP contribution in [0.3, 0.4) is 0 Å². The Morgan fingerprint density at radius 2 is 1.98 bits per heavy atom. The molecule has 0 radical (unpaired) electrons. The normalized spacial score (nSPS) is 17.2. The van der Waals surface area contributed by atoms with E-state index in [1.54, 1.807) is 4.68 Å². The molecule has 2 aliphatic rings. The Morgan fingerprint density at radius 1 is 1.21 bits per heavy atom. The first-order valence-electron chi connectivity index (χ1n) is 14.4. The first kappa shape index (κ1) is 30.8. The summed E-state index contributed by atoms with van der Waals surface area (Å²) in [7, 11) is 0. The van der Waals surface area contributed by atoms with E-state index in [-0.39, 0.29) is 18.2 Å². The molecule has 1 aromatic heterocycles. The van der Waals surface area contributed by atoms with Crippen molar-refractivity contribution in [1.82, 2.24) is 14.8 Å². The Bertz CT molecular complexity index is 1470. The molecule has 1 atom stereocenters. The van der Waals surface area contributed by atoms with Crippen LogP contribution in [0.1, 0.15) is 77.0 Å². The van der Waals surface area contributed by atoms with E-state index < -0.39 is 6.04 Å². The first-order chi connectivity index (χ1) is 20.2. The fourth-order valence-corrected chi connectivity index (χ4v) is 6.95. The van der Waals surface area contributed by atoms with E-state index in [2.05, 4.69) is 21.2 Å². The molecule has 0 saturated heterocycles. The molecule has 1 unspecified atom stereocenters. The highest BCUT2D eigenvalue weighted by Crippen LogP contribution is 2.44. The van der Waals surface area contributed by atoms with Gasteiger partial charge in [-0.25, -0.2) is 9.48 Å². The van der Waals surface area contributed by atoms with Crippen molar-refractivity contribution in [3.63, 3.8) is 0 Å². The number of hydrogen-bond acceptors (Lipinski definition) is 8. The number of aromatic nitrogens is 3. The van der Waals surface area contributed by atoms with E-state index in [0.717, 1.165) is 41.3 Å². The van der Waals surface area contributed by atoms with Gasteiger partial charge in [0, 0.05) is 16.5 Å². The van der Waals surface area contributed by atoms with Crippen LogP contribution < -0.4 is 14.8 Å². The monoisotopic (exact) mass is 674 g/mol. The summed E-state index contributed by atoms with van der Waals surface area (Å²) in [5.74, 6) is 2.01. The number of ether oxygens (including phenoxy) is 3. The molecule has 1 aliphatic heterocycles. The highest BCUT2D eigenvalue weighted by Gasteiger charge is 2.37. The average molecular weight is 676 g/mol. The Balaban J connectivity index is 1.55. The lowest BCUT2D eigenvalue weighted by Crippen LogP contribution is -2.32. The number of thioether (sulfide) groups is 1. The van der Waals surface area contributed by atoms with Crippen LogP contribution in [0.15, 0.2) is 57.3 Å². The van der Waals surface area contributed by atoms with Crippen LogP contribution in [0.2, 0.25) is 5.02 Å². The second kappa shape index (κ2) is 13.7. The van der Waals surface area contributed by atoms with Gasteiger partial charge in [-0.2, -0.15) is 4.98 Å². The van der Waals surface area contributed by atoms with E-state index >= 15 is 0 Å². The van der Waals surface area contributed by atoms with Crippen LogP contribution in [-0.2, 0) is 15.3 Å². The zero-order chi connectivity index (χ0) is 29.8. The van der Waals surface area contributed by atoms with E-state index in [1.807, 2.05) is 64.1 Å². The standard InChI is InChI=1S/C31H36BrClN4O4S/c1-5-39-25-16-21(15-23(32)28(25)40-18(2)3)27-26(29(38)41-22-12-7-6-8-13-22)19(4)34-30-35-31(36-37(27)30)42-17-20-11-9-10-14-24(20)33/h9-11,14-16,18,22,27H,5-8,12-13,17H2,1-4H3,(H,34,35,36). The summed E-state index contributed by atoms with van der Waals surface area (Å²) in [5, 5.41) is 9.46. The van der Waals surface area contributed by atoms with Crippen molar-refractivity contribution in [3.05, 3.63) is 68.3 Å². The third kappa shape index (κ3) is 6.92. The van der Waals surface area contributed by atoms with Crippen molar-refractivity contribution in [1.29, 1.82) is 0 Å². The number of benzene rings is 2. The molecule has 11 heteroatoms. The number of hydrogen-bond donors (Lipinski definition) is 1. The van der Waals surface area contributed by atoms with Crippen molar-refractivity contribution < 1.29 is 19.0 Å². The number of carbonyl (C=O) groups excluding carboxylic acids is 1. The molecule has 1 aliphatic carbocycles. The summed E-state index contributed by atoms with van der Waals surface area (Å²) in [6.07, 6.45) is 4.95. The molecule has 1 saturated carbocycles. The van der Waals surface area contributed by atoms with Crippen LogP contribution in [0.25, 0.3) is 0 Å². The lowest BCUT2D eigenvalue weighted by atomic mass is 9.94. The number of allylic oxidation sites excluding steroid dienone is 1. The number of fused-ring (bicyclic) bond motifs is 1. The van der Waals surface area contributed by atoms with E-state index in [9.17, 15) is 4.79 Å². The van der Waals surface area contributed by atoms with E-state index in [0.29, 0.717) is 51.3 Å². The topological polar surface area (TPSA) is 87.5 Å². The number of anilines is 1. The van der Waals surface area contributed by atoms with Gasteiger partial charge in [-0.3, -0.25) is 0 Å². The fourth-order valence-electron chi connectivity index (χ4n) is 5.28. The Hall–Kier alpha value is -2.69. The molecule has 0 spiro atoms. The van der Waals surface area contributed by atoms with Gasteiger partial charge in [0.25, 0.3) is 0 Å². The minimum Gasteiger partial charge on any atom is -0.490 e. The maximum atomic E-state index is 13.9. The van der Waals surface area contributed by atoms with E-state index in [1.165, 1.54) is 18.2 Å². The summed E-state index contributed by atoms with van der Waals surface area (Å²) < 4.78 is 20.7. The largest absolute Gasteiger partial charge is 0.490 e. The number of rotatable bonds is 10. The molecule has 2 heterocycles. The lowest BCUT2D eigenvalue weighted by Gasteiger charge is -2.30. The van der Waals surface area contributed by atoms with Crippen molar-refractivity contribution >= 4 is 51.2 Å². The summed E-state index contributed by atoms with van der Waals surface area (Å²) in [4.78, 5) is 18.6. The smallest absolute Gasteiger partial charge is 0.338 e. The summed E-state index contributed by atoms with van der Waals surface area (Å²) >= 11 is 11.6. The van der Waals surface area contributed by atoms with Crippen molar-refractivity contribution in [3.8, 4) is 11.5 Å². The van der Waals surface area contributed by atoms with E-state index in [4.69, 9.17) is 35.9 Å². The Kier molecular flexibility index (Phi) is 10.1. The molecular weight excluding hydrogens is 640 g/mol. The fraction of sp³-hybridized carbons (Fsp3) is 0.452. The molecule has 8 nitrogen and oxygen atoms in total. The van der Waals surface area contributed by atoms with Gasteiger partial charge in [-0.1, -0.05) is 48.0 Å². The van der Waals surface area contributed by atoms with Gasteiger partial charge in [-0.15, -0.1) is 5.10 Å². The van der Waals surface area contributed by atoms with Gasteiger partial charge in [-0.05, 0) is 98.6 Å². The summed E-state index contributed by atoms with van der Waals surface area (Å²) in [6, 6.07) is 11.0. The molecule has 0 amide bonds. The first-order valence-corrected chi connectivity index (χ1v) is 16.5. The van der Waals surface area contributed by atoms with Crippen LogP contribution >= 0.6 is 39.3 Å². The van der Waals surface area contributed by atoms with Crippen molar-refractivity contribution in [2.24, 2.45) is 0 Å². The Morgan fingerprint density at radius 3 is 2.69 bits per heavy atom. The molecule has 1 N–H and O–H groups in total. The second-order valence-electron chi connectivity index (χ2n) is 10.7. The highest BCUT2D eigenvalue weighted by atomic mass is 79.9. The summed E-state index contributed by atoms with van der Waals surface area (Å²) in [5.41, 5.74) is 2.97. The molecule has 2 aromatic carbocycles. The second-order valence-corrected chi connectivity index (χ2v) is 12.9. The van der Waals surface area contributed by atoms with Crippen molar-refractivity contribution in [2.45, 2.75) is 89.0 Å². The third-order valence-electron chi connectivity index (χ3n) is 7.19. The predicted octanol–water partition coefficient (Wildman–Crippen LogP) is 8.34. The molecule has 5 rings (SSSR count). The van der Waals surface area contributed by atoms with Gasteiger partial charge in [0.1, 0.15) is 12.1 Å². The van der Waals surface area contributed by atoms with Gasteiger partial charge in [0.05, 0.1) is 22.8 Å². The molecule has 1 fully saturated rings. The minimum atomic E-state index is -0.594. The van der Waals surface area contributed by atoms with Crippen LogP contribution in [0, 0.1) is 0 Å². The maximum Gasteiger partial charge on any atom is 0.338 e. The summed E-state index contributed by atoms with van der Waals surface area (Å²) in [6.45, 7) is 8.21. The van der Waals surface area contributed by atoms with Gasteiger partial charge >= 0.3 is 5.97 Å². The maximum absolute atomic E-state index is 13.9. The SMILES string of the molecule is CCOc1cc(C2C(C(=O)OC3CCCCC3)=C(C)Nc3nc(SCc4ccccc4Cl)nn32)cc(Br)c1OC(C)C. The zero-order valence-electron chi connectivity index (χ0n) is 24.3. The predicted molar refractivity (Wildman–Crippen MR) is 170 cm³/mol. The van der Waals surface area contributed by atoms with Crippen LogP contribution in [0.5, 0.6) is 11.5 Å². The molecule has 224 valence electrons. The number of esters is 1.